The summed E-state index contributed by atoms with van der Waals surface area (Å²) in [4.78, 5) is 25.1. The Morgan fingerprint density at radius 3 is 2.61 bits per heavy atom. The molecule has 2 amide bonds. The topological polar surface area (TPSA) is 88.9 Å². The predicted molar refractivity (Wildman–Crippen MR) is 133 cm³/mol. The molecule has 0 radical (unpaired) electrons. The first-order valence-electron chi connectivity index (χ1n) is 10.7. The van der Waals surface area contributed by atoms with Crippen LogP contribution in [-0.2, 0) is 17.5 Å². The Morgan fingerprint density at radius 1 is 1.22 bits per heavy atom. The quantitative estimate of drug-likeness (QED) is 0.271. The van der Waals surface area contributed by atoms with E-state index in [1.165, 1.54) is 0 Å². The number of halogens is 4. The van der Waals surface area contributed by atoms with Crippen LogP contribution in [0.15, 0.2) is 60.3 Å². The lowest BCUT2D eigenvalue weighted by atomic mass is 10.1. The molecular formula is C24H23ClF3N5O2S. The van der Waals surface area contributed by atoms with Gasteiger partial charge in [0.25, 0.3) is 5.91 Å². The number of alkyl halides is 3. The lowest BCUT2D eigenvalue weighted by Crippen LogP contribution is -2.29. The molecular weight excluding hydrogens is 515 g/mol. The molecule has 0 bridgehead atoms. The van der Waals surface area contributed by atoms with Crippen molar-refractivity contribution in [1.29, 1.82) is 0 Å². The molecule has 7 nitrogen and oxygen atoms in total. The van der Waals surface area contributed by atoms with Crippen LogP contribution in [0.2, 0.25) is 5.02 Å². The lowest BCUT2D eigenvalue weighted by Gasteiger charge is -2.16. The molecule has 2 aromatic carbocycles. The highest BCUT2D eigenvalue weighted by Gasteiger charge is 2.31. The number of nitrogens with one attached hydrogen (secondary N) is 2. The highest BCUT2D eigenvalue weighted by Crippen LogP contribution is 2.34. The zero-order valence-corrected chi connectivity index (χ0v) is 21.0. The molecule has 3 rings (SSSR count). The molecule has 1 aromatic heterocycles. The van der Waals surface area contributed by atoms with E-state index in [2.05, 4.69) is 27.4 Å². The monoisotopic (exact) mass is 537 g/mol. The van der Waals surface area contributed by atoms with E-state index in [1.54, 1.807) is 29.7 Å². The van der Waals surface area contributed by atoms with Crippen LogP contribution < -0.4 is 10.6 Å². The maximum atomic E-state index is 13.0. The third-order valence-electron chi connectivity index (χ3n) is 5.08. The van der Waals surface area contributed by atoms with E-state index in [4.69, 9.17) is 11.6 Å². The molecule has 0 aliphatic carbocycles. The van der Waals surface area contributed by atoms with Gasteiger partial charge < -0.3 is 15.2 Å². The molecule has 0 fully saturated rings. The van der Waals surface area contributed by atoms with Crippen molar-refractivity contribution in [2.75, 3.05) is 11.1 Å². The van der Waals surface area contributed by atoms with Crippen LogP contribution in [0.1, 0.15) is 40.3 Å². The standard InChI is InChI=1S/C24H23ClF3N5O2S/c1-4-11-33-21(15(3)29-22(35)17-8-6-5-7-14(17)2)31-32-23(33)36-13-20(34)30-19-12-16(24(26,27)28)9-10-18(19)25/h4-10,12,15H,1,11,13H2,2-3H3,(H,29,35)(H,30,34)/t15-/m1/s1. The van der Waals surface area contributed by atoms with Crippen LogP contribution in [0.5, 0.6) is 0 Å². The Labute approximate surface area is 215 Å². The summed E-state index contributed by atoms with van der Waals surface area (Å²) < 4.78 is 40.6. The number of hydrogen-bond donors (Lipinski definition) is 2. The molecule has 36 heavy (non-hydrogen) atoms. The van der Waals surface area contributed by atoms with Gasteiger partial charge in [-0.15, -0.1) is 16.8 Å². The second-order valence-corrected chi connectivity index (χ2v) is 9.13. The van der Waals surface area contributed by atoms with E-state index in [0.717, 1.165) is 35.5 Å². The van der Waals surface area contributed by atoms with Crippen molar-refractivity contribution in [2.24, 2.45) is 0 Å². The fraction of sp³-hybridized carbons (Fsp3) is 0.250. The number of hydrogen-bond acceptors (Lipinski definition) is 5. The summed E-state index contributed by atoms with van der Waals surface area (Å²) in [6.45, 7) is 7.64. The van der Waals surface area contributed by atoms with Gasteiger partial charge >= 0.3 is 6.18 Å². The Hall–Kier alpha value is -3.31. The van der Waals surface area contributed by atoms with Crippen LogP contribution >= 0.6 is 23.4 Å². The van der Waals surface area contributed by atoms with Crippen LogP contribution in [0.4, 0.5) is 18.9 Å². The van der Waals surface area contributed by atoms with Crippen molar-refractivity contribution in [3.63, 3.8) is 0 Å². The smallest absolute Gasteiger partial charge is 0.342 e. The molecule has 1 heterocycles. The minimum Gasteiger partial charge on any atom is -0.342 e. The summed E-state index contributed by atoms with van der Waals surface area (Å²) in [5.74, 6) is -0.538. The summed E-state index contributed by atoms with van der Waals surface area (Å²) in [5.41, 5.74) is 0.307. The van der Waals surface area contributed by atoms with E-state index in [9.17, 15) is 22.8 Å². The van der Waals surface area contributed by atoms with Gasteiger partial charge in [0.05, 0.1) is 28.1 Å². The Kier molecular flexibility index (Phi) is 8.80. The van der Waals surface area contributed by atoms with Gasteiger partial charge in [0.1, 0.15) is 0 Å². The normalized spacial score (nSPS) is 12.2. The minimum absolute atomic E-state index is 0.0170. The molecule has 2 N–H and O–H groups in total. The van der Waals surface area contributed by atoms with Gasteiger partial charge in [-0.25, -0.2) is 0 Å². The van der Waals surface area contributed by atoms with Gasteiger partial charge in [-0.2, -0.15) is 13.2 Å². The van der Waals surface area contributed by atoms with E-state index in [0.29, 0.717) is 23.1 Å². The van der Waals surface area contributed by atoms with Crippen LogP contribution in [0.25, 0.3) is 0 Å². The molecule has 12 heteroatoms. The van der Waals surface area contributed by atoms with Gasteiger partial charge in [-0.3, -0.25) is 9.59 Å². The molecule has 190 valence electrons. The van der Waals surface area contributed by atoms with E-state index in [1.807, 2.05) is 19.1 Å². The van der Waals surface area contributed by atoms with Gasteiger partial charge in [0, 0.05) is 12.1 Å². The van der Waals surface area contributed by atoms with E-state index >= 15 is 0 Å². The van der Waals surface area contributed by atoms with Gasteiger partial charge in [0.2, 0.25) is 5.91 Å². The largest absolute Gasteiger partial charge is 0.416 e. The third-order valence-corrected chi connectivity index (χ3v) is 6.38. The zero-order valence-electron chi connectivity index (χ0n) is 19.4. The Balaban J connectivity index is 1.70. The summed E-state index contributed by atoms with van der Waals surface area (Å²) >= 11 is 6.98. The number of benzene rings is 2. The number of rotatable bonds is 9. The number of allylic oxidation sites excluding steroid dienone is 1. The molecule has 0 saturated carbocycles. The molecule has 0 spiro atoms. The number of amides is 2. The maximum absolute atomic E-state index is 13.0. The molecule has 0 unspecified atom stereocenters. The molecule has 0 saturated heterocycles. The second kappa shape index (κ2) is 11.6. The van der Waals surface area contributed by atoms with Crippen molar-refractivity contribution in [3.8, 4) is 0 Å². The van der Waals surface area contributed by atoms with Crippen molar-refractivity contribution < 1.29 is 22.8 Å². The highest BCUT2D eigenvalue weighted by atomic mass is 35.5. The van der Waals surface area contributed by atoms with E-state index < -0.39 is 23.7 Å². The number of thioether (sulfide) groups is 1. The summed E-state index contributed by atoms with van der Waals surface area (Å²) in [5, 5.41) is 13.9. The highest BCUT2D eigenvalue weighted by molar-refractivity contribution is 7.99. The van der Waals surface area contributed by atoms with Gasteiger partial charge in [0.15, 0.2) is 11.0 Å². The Morgan fingerprint density at radius 2 is 1.94 bits per heavy atom. The summed E-state index contributed by atoms with van der Waals surface area (Å²) in [7, 11) is 0. The SMILES string of the molecule is C=CCn1c(SCC(=O)Nc2cc(C(F)(F)F)ccc2Cl)nnc1[C@@H](C)NC(=O)c1ccccc1C. The summed E-state index contributed by atoms with van der Waals surface area (Å²) in [6.07, 6.45) is -2.95. The molecule has 0 aliphatic heterocycles. The fourth-order valence-corrected chi connectivity index (χ4v) is 4.23. The number of carbonyl (C=O) groups is 2. The molecule has 3 aromatic rings. The number of anilines is 1. The van der Waals surface area contributed by atoms with Crippen molar-refractivity contribution in [1.82, 2.24) is 20.1 Å². The summed E-state index contributed by atoms with van der Waals surface area (Å²) in [6, 6.07) is 9.38. The number of aryl methyl sites for hydroxylation is 1. The first kappa shape index (κ1) is 27.3. The van der Waals surface area contributed by atoms with Crippen molar-refractivity contribution in [2.45, 2.75) is 37.8 Å². The average molecular weight is 538 g/mol. The number of nitrogens with zero attached hydrogens (tertiary/aromatic N) is 3. The maximum Gasteiger partial charge on any atom is 0.416 e. The van der Waals surface area contributed by atoms with Crippen LogP contribution in [0.3, 0.4) is 0 Å². The van der Waals surface area contributed by atoms with Gasteiger partial charge in [-0.1, -0.05) is 47.6 Å². The van der Waals surface area contributed by atoms with Gasteiger partial charge in [-0.05, 0) is 43.7 Å². The lowest BCUT2D eigenvalue weighted by molar-refractivity contribution is -0.137. The van der Waals surface area contributed by atoms with Crippen LogP contribution in [0, 0.1) is 6.92 Å². The second-order valence-electron chi connectivity index (χ2n) is 7.78. The number of aromatic nitrogens is 3. The predicted octanol–water partition coefficient (Wildman–Crippen LogP) is 5.67. The fourth-order valence-electron chi connectivity index (χ4n) is 3.31. The molecule has 1 atom stereocenters. The van der Waals surface area contributed by atoms with Crippen LogP contribution in [-0.4, -0.2) is 32.3 Å². The minimum atomic E-state index is -4.57. The van der Waals surface area contributed by atoms with E-state index in [-0.39, 0.29) is 22.4 Å². The molecule has 0 aliphatic rings. The average Bonchev–Trinajstić information content (AvgIpc) is 3.21. The van der Waals surface area contributed by atoms with Crippen molar-refractivity contribution in [3.05, 3.63) is 82.7 Å². The first-order chi connectivity index (χ1) is 17.0. The van der Waals surface area contributed by atoms with Crippen molar-refractivity contribution >= 4 is 40.9 Å². The first-order valence-corrected chi connectivity index (χ1v) is 12.1. The Bertz CT molecular complexity index is 1280. The number of carbonyl (C=O) groups excluding carboxylic acids is 2. The zero-order chi connectivity index (χ0) is 26.5. The third kappa shape index (κ3) is 6.67.